The number of aromatic nitrogens is 3. The van der Waals surface area contributed by atoms with Crippen LogP contribution in [-0.2, 0) is 6.42 Å². The lowest BCUT2D eigenvalue weighted by atomic mass is 10.3. The Labute approximate surface area is 112 Å². The predicted molar refractivity (Wildman–Crippen MR) is 69.4 cm³/mol. The maximum absolute atomic E-state index is 11.9. The molecule has 2 aromatic rings. The van der Waals surface area contributed by atoms with Gasteiger partial charge in [0.05, 0.1) is 10.6 Å². The molecule has 0 aromatic carbocycles. The zero-order chi connectivity index (χ0) is 14.0. The normalized spacial score (nSPS) is 10.4. The summed E-state index contributed by atoms with van der Waals surface area (Å²) < 4.78 is 0. The van der Waals surface area contributed by atoms with Gasteiger partial charge in [-0.2, -0.15) is 5.10 Å². The molecule has 0 radical (unpaired) electrons. The molecule has 0 atom stereocenters. The molecule has 19 heavy (non-hydrogen) atoms. The second-order valence-corrected chi connectivity index (χ2v) is 4.92. The Balaban J connectivity index is 2.20. The first-order valence-electron chi connectivity index (χ1n) is 5.48. The number of nitrogens with one attached hydrogen (secondary N) is 2. The number of aromatic amines is 1. The average Bonchev–Trinajstić information content (AvgIpc) is 2.95. The second kappa shape index (κ2) is 5.14. The number of H-pyrrole nitrogens is 1. The minimum Gasteiger partial charge on any atom is -0.296 e. The number of anilines is 1. The van der Waals surface area contributed by atoms with Crippen LogP contribution in [0.4, 0.5) is 10.8 Å². The summed E-state index contributed by atoms with van der Waals surface area (Å²) in [5, 5.41) is 19.5. The molecule has 2 N–H and O–H groups in total. The number of carbonyl (C=O) groups is 1. The molecule has 0 spiro atoms. The van der Waals surface area contributed by atoms with Gasteiger partial charge >= 0.3 is 5.69 Å². The minimum absolute atomic E-state index is 0.184. The molecule has 100 valence electrons. The smallest absolute Gasteiger partial charge is 0.296 e. The molecular weight excluding hydrogens is 270 g/mol. The predicted octanol–water partition coefficient (Wildman–Crippen LogP) is 1.90. The molecule has 0 saturated carbocycles. The summed E-state index contributed by atoms with van der Waals surface area (Å²) in [6.45, 7) is 3.87. The summed E-state index contributed by atoms with van der Waals surface area (Å²) in [6, 6.07) is 0. The van der Waals surface area contributed by atoms with E-state index in [2.05, 4.69) is 20.5 Å². The van der Waals surface area contributed by atoms with Crippen LogP contribution in [0.25, 0.3) is 0 Å². The monoisotopic (exact) mass is 281 g/mol. The largest absolute Gasteiger partial charge is 0.319 e. The molecular formula is C10H11N5O3S. The summed E-state index contributed by atoms with van der Waals surface area (Å²) in [5.41, 5.74) is 0.358. The van der Waals surface area contributed by atoms with E-state index < -0.39 is 10.8 Å². The highest BCUT2D eigenvalue weighted by Gasteiger charge is 2.23. The fourth-order valence-electron chi connectivity index (χ4n) is 1.55. The van der Waals surface area contributed by atoms with Gasteiger partial charge in [-0.05, 0) is 13.3 Å². The summed E-state index contributed by atoms with van der Waals surface area (Å²) in [5.74, 6) is -0.624. The van der Waals surface area contributed by atoms with Crippen molar-refractivity contribution >= 4 is 28.1 Å². The molecule has 0 unspecified atom stereocenters. The van der Waals surface area contributed by atoms with Crippen molar-refractivity contribution in [3.05, 3.63) is 32.6 Å². The molecule has 0 aliphatic rings. The Morgan fingerprint density at radius 3 is 2.95 bits per heavy atom. The average molecular weight is 281 g/mol. The third-order valence-electron chi connectivity index (χ3n) is 2.49. The molecule has 2 heterocycles. The van der Waals surface area contributed by atoms with Gasteiger partial charge in [0.2, 0.25) is 5.69 Å². The molecule has 0 saturated heterocycles. The number of amides is 1. The lowest BCUT2D eigenvalue weighted by Gasteiger charge is -1.98. The van der Waals surface area contributed by atoms with Crippen molar-refractivity contribution < 1.29 is 9.72 Å². The number of nitrogens with zero attached hydrogens (tertiary/aromatic N) is 3. The fourth-order valence-corrected chi connectivity index (χ4v) is 2.45. The van der Waals surface area contributed by atoms with Gasteiger partial charge in [-0.15, -0.1) is 11.3 Å². The highest BCUT2D eigenvalue weighted by Crippen LogP contribution is 2.23. The van der Waals surface area contributed by atoms with Gasteiger partial charge in [0, 0.05) is 4.88 Å². The van der Waals surface area contributed by atoms with E-state index in [1.165, 1.54) is 11.3 Å². The van der Waals surface area contributed by atoms with E-state index in [9.17, 15) is 14.9 Å². The summed E-state index contributed by atoms with van der Waals surface area (Å²) in [7, 11) is 0. The third-order valence-corrected chi connectivity index (χ3v) is 3.42. The van der Waals surface area contributed by atoms with E-state index >= 15 is 0 Å². The van der Waals surface area contributed by atoms with Crippen LogP contribution in [0.3, 0.4) is 0 Å². The highest BCUT2D eigenvalue weighted by atomic mass is 32.1. The molecule has 0 aliphatic heterocycles. The van der Waals surface area contributed by atoms with Crippen LogP contribution >= 0.6 is 11.3 Å². The van der Waals surface area contributed by atoms with Crippen molar-refractivity contribution in [2.75, 3.05) is 5.32 Å². The quantitative estimate of drug-likeness (QED) is 0.656. The number of hydrogen-bond acceptors (Lipinski definition) is 6. The Bertz CT molecular complexity index is 633. The lowest BCUT2D eigenvalue weighted by Crippen LogP contribution is -2.14. The summed E-state index contributed by atoms with van der Waals surface area (Å²) in [4.78, 5) is 27.2. The van der Waals surface area contributed by atoms with E-state index in [-0.39, 0.29) is 11.4 Å². The van der Waals surface area contributed by atoms with Crippen LogP contribution < -0.4 is 5.32 Å². The third kappa shape index (κ3) is 2.60. The first-order chi connectivity index (χ1) is 9.02. The summed E-state index contributed by atoms with van der Waals surface area (Å²) in [6.07, 6.45) is 1.77. The first-order valence-corrected chi connectivity index (χ1v) is 6.30. The van der Waals surface area contributed by atoms with Crippen molar-refractivity contribution in [2.24, 2.45) is 0 Å². The molecule has 0 aliphatic carbocycles. The van der Waals surface area contributed by atoms with Crippen LogP contribution in [0.2, 0.25) is 0 Å². The van der Waals surface area contributed by atoms with Gasteiger partial charge in [-0.3, -0.25) is 25.3 Å². The lowest BCUT2D eigenvalue weighted by molar-refractivity contribution is -0.385. The number of nitro groups is 1. The molecule has 1 amide bonds. The van der Waals surface area contributed by atoms with Gasteiger partial charge in [0.1, 0.15) is 6.20 Å². The fraction of sp³-hybridized carbons (Fsp3) is 0.300. The Kier molecular flexibility index (Phi) is 3.56. The number of carbonyl (C=O) groups excluding carboxylic acids is 1. The Morgan fingerprint density at radius 1 is 1.63 bits per heavy atom. The Morgan fingerprint density at radius 2 is 2.37 bits per heavy atom. The molecule has 0 fully saturated rings. The number of rotatable bonds is 4. The van der Waals surface area contributed by atoms with Crippen molar-refractivity contribution in [2.45, 2.75) is 20.3 Å². The van der Waals surface area contributed by atoms with Gasteiger partial charge in [0.25, 0.3) is 5.91 Å². The van der Waals surface area contributed by atoms with E-state index in [0.29, 0.717) is 5.13 Å². The second-order valence-electron chi connectivity index (χ2n) is 3.72. The number of aryl methyl sites for hydroxylation is 2. The number of thiazole rings is 1. The van der Waals surface area contributed by atoms with Gasteiger partial charge < -0.3 is 0 Å². The van der Waals surface area contributed by atoms with Crippen LogP contribution in [0.1, 0.15) is 28.0 Å². The van der Waals surface area contributed by atoms with Crippen LogP contribution in [0.5, 0.6) is 0 Å². The molecule has 0 bridgehead atoms. The van der Waals surface area contributed by atoms with Crippen molar-refractivity contribution in [3.63, 3.8) is 0 Å². The topological polar surface area (TPSA) is 114 Å². The minimum atomic E-state index is -0.664. The first kappa shape index (κ1) is 13.1. The van der Waals surface area contributed by atoms with Gasteiger partial charge in [-0.1, -0.05) is 6.92 Å². The zero-order valence-corrected chi connectivity index (χ0v) is 11.1. The zero-order valence-electron chi connectivity index (χ0n) is 10.3. The Hall–Kier alpha value is -2.29. The van der Waals surface area contributed by atoms with Gasteiger partial charge in [-0.25, -0.2) is 4.98 Å². The van der Waals surface area contributed by atoms with E-state index in [1.807, 2.05) is 13.8 Å². The van der Waals surface area contributed by atoms with Crippen LogP contribution in [-0.4, -0.2) is 26.0 Å². The van der Waals surface area contributed by atoms with Crippen molar-refractivity contribution in [3.8, 4) is 0 Å². The van der Waals surface area contributed by atoms with E-state index in [0.717, 1.165) is 23.2 Å². The van der Waals surface area contributed by atoms with Crippen molar-refractivity contribution in [1.82, 2.24) is 15.2 Å². The van der Waals surface area contributed by atoms with Crippen molar-refractivity contribution in [1.29, 1.82) is 0 Å². The molecule has 8 nitrogen and oxygen atoms in total. The molecule has 2 aromatic heterocycles. The van der Waals surface area contributed by atoms with Crippen LogP contribution in [0, 0.1) is 17.0 Å². The highest BCUT2D eigenvalue weighted by molar-refractivity contribution is 7.15. The maximum Gasteiger partial charge on any atom is 0.319 e. The number of hydrogen-bond donors (Lipinski definition) is 2. The van der Waals surface area contributed by atoms with E-state index in [4.69, 9.17) is 0 Å². The van der Waals surface area contributed by atoms with Crippen LogP contribution in [0.15, 0.2) is 6.20 Å². The SMILES string of the molecule is CCc1nc(NC(=O)c2[nH]ncc2[N+](=O)[O-])sc1C. The summed E-state index contributed by atoms with van der Waals surface area (Å²) >= 11 is 1.33. The molecule has 9 heteroatoms. The molecule has 2 rings (SSSR count). The maximum atomic E-state index is 11.9. The standard InChI is InChI=1S/C10H11N5O3S/c1-3-6-5(2)19-10(12-6)13-9(16)8-7(15(17)18)4-11-14-8/h4H,3H2,1-2H3,(H,11,14)(H,12,13,16). The van der Waals surface area contributed by atoms with Gasteiger partial charge in [0.15, 0.2) is 5.13 Å². The van der Waals surface area contributed by atoms with E-state index in [1.54, 1.807) is 0 Å².